The van der Waals surface area contributed by atoms with E-state index in [1.807, 2.05) is 68.8 Å². The molecular weight excluding hydrogens is 604 g/mol. The van der Waals surface area contributed by atoms with Crippen molar-refractivity contribution in [3.8, 4) is 23.0 Å². The maximum atomic E-state index is 11.5. The molecule has 0 bridgehead atoms. The van der Waals surface area contributed by atoms with E-state index in [1.165, 1.54) is 31.2 Å². The van der Waals surface area contributed by atoms with E-state index >= 15 is 0 Å². The molecule has 0 radical (unpaired) electrons. The summed E-state index contributed by atoms with van der Waals surface area (Å²) < 4.78 is 26.8. The number of hydrogen-bond donors (Lipinski definition) is 0. The highest BCUT2D eigenvalue weighted by atomic mass is 16.5. The molecule has 6 rings (SSSR count). The monoisotopic (exact) mass is 652 g/mol. The fourth-order valence-electron chi connectivity index (χ4n) is 5.63. The molecule has 2 heterocycles. The van der Waals surface area contributed by atoms with Gasteiger partial charge in [0.2, 0.25) is 0 Å². The lowest BCUT2D eigenvalue weighted by Gasteiger charge is -2.15. The number of hydrogen-bond acceptors (Lipinski definition) is 6. The molecule has 48 heavy (non-hydrogen) atoms. The molecule has 2 aliphatic rings. The zero-order valence-electron chi connectivity index (χ0n) is 29.1. The maximum absolute atomic E-state index is 11.5. The first-order chi connectivity index (χ1) is 23.1. The fraction of sp³-hybridized carbons (Fsp3) is 0.400. The molecule has 0 atom stereocenters. The Balaban J connectivity index is 0.000000188. The highest BCUT2D eigenvalue weighted by molar-refractivity contribution is 5.64. The second-order valence-corrected chi connectivity index (χ2v) is 12.9. The summed E-state index contributed by atoms with van der Waals surface area (Å²) in [7, 11) is 3.33. The number of methoxy groups -OCH3 is 2. The molecule has 0 N–H and O–H groups in total. The Morgan fingerprint density at radius 2 is 1.15 bits per heavy atom. The van der Waals surface area contributed by atoms with Gasteiger partial charge in [0.15, 0.2) is 33.9 Å². The molecule has 2 aromatic carbocycles. The van der Waals surface area contributed by atoms with Crippen molar-refractivity contribution >= 4 is 12.3 Å². The first kappa shape index (κ1) is 34.6. The van der Waals surface area contributed by atoms with Crippen LogP contribution in [0.5, 0.6) is 23.0 Å². The summed E-state index contributed by atoms with van der Waals surface area (Å²) in [6.45, 7) is 10.2. The predicted molar refractivity (Wildman–Crippen MR) is 192 cm³/mol. The molecule has 0 aliphatic heterocycles. The fourth-order valence-corrected chi connectivity index (χ4v) is 5.63. The molecule has 8 nitrogen and oxygen atoms in total. The van der Waals surface area contributed by atoms with Crippen LogP contribution in [0.3, 0.4) is 0 Å². The van der Waals surface area contributed by atoms with Gasteiger partial charge in [-0.25, -0.2) is 0 Å². The zero-order valence-corrected chi connectivity index (χ0v) is 29.1. The molecule has 0 amide bonds. The Morgan fingerprint density at radius 1 is 0.646 bits per heavy atom. The van der Waals surface area contributed by atoms with Gasteiger partial charge in [0.25, 0.3) is 0 Å². The summed E-state index contributed by atoms with van der Waals surface area (Å²) in [6.07, 6.45) is 9.91. The van der Waals surface area contributed by atoms with Crippen LogP contribution in [-0.2, 0) is 13.0 Å². The van der Waals surface area contributed by atoms with Crippen LogP contribution < -0.4 is 29.8 Å². The van der Waals surface area contributed by atoms with Crippen LogP contribution in [0, 0.1) is 39.5 Å². The van der Waals surface area contributed by atoms with Gasteiger partial charge in [-0.15, -0.1) is 0 Å². The van der Waals surface area contributed by atoms with Crippen molar-refractivity contribution in [1.29, 1.82) is 0 Å². The largest absolute Gasteiger partial charge is 0.493 e. The Bertz CT molecular complexity index is 1810. The number of aromatic nitrogens is 2. The lowest BCUT2D eigenvalue weighted by molar-refractivity contribution is 0.280. The quantitative estimate of drug-likeness (QED) is 0.150. The van der Waals surface area contributed by atoms with E-state index in [0.29, 0.717) is 11.8 Å². The SMILES string of the molecule is COc1ccc(/C=C/n2c(C)cc(=O)cc2C)cc1OCC1CC1.COc1ccc(CCn2c(C)cc(=O)cc2C)cc1OCC1CC1. The van der Waals surface area contributed by atoms with Gasteiger partial charge >= 0.3 is 0 Å². The number of nitrogens with zero attached hydrogens (tertiary/aromatic N) is 2. The molecule has 2 fully saturated rings. The van der Waals surface area contributed by atoms with E-state index in [1.54, 1.807) is 38.5 Å². The summed E-state index contributed by atoms with van der Waals surface area (Å²) in [5.74, 6) is 4.55. The molecule has 2 aliphatic carbocycles. The van der Waals surface area contributed by atoms with E-state index in [-0.39, 0.29) is 10.9 Å². The minimum Gasteiger partial charge on any atom is -0.493 e. The van der Waals surface area contributed by atoms with Crippen molar-refractivity contribution in [3.05, 3.63) is 115 Å². The van der Waals surface area contributed by atoms with Crippen molar-refractivity contribution in [1.82, 2.24) is 9.13 Å². The van der Waals surface area contributed by atoms with Gasteiger partial charge in [0.05, 0.1) is 27.4 Å². The van der Waals surface area contributed by atoms with Crippen molar-refractivity contribution < 1.29 is 18.9 Å². The number of ether oxygens (including phenoxy) is 4. The Labute approximate surface area is 283 Å². The van der Waals surface area contributed by atoms with Crippen molar-refractivity contribution in [3.63, 3.8) is 0 Å². The first-order valence-electron chi connectivity index (χ1n) is 16.8. The first-order valence-corrected chi connectivity index (χ1v) is 16.8. The highest BCUT2D eigenvalue weighted by Gasteiger charge is 2.23. The summed E-state index contributed by atoms with van der Waals surface area (Å²) >= 11 is 0. The van der Waals surface area contributed by atoms with Gasteiger partial charge in [-0.05, 0) is 113 Å². The topological polar surface area (TPSA) is 80.9 Å². The third kappa shape index (κ3) is 9.66. The van der Waals surface area contributed by atoms with E-state index in [9.17, 15) is 9.59 Å². The minimum atomic E-state index is 0.0369. The molecule has 254 valence electrons. The molecule has 0 saturated heterocycles. The van der Waals surface area contributed by atoms with Gasteiger partial charge in [-0.1, -0.05) is 12.1 Å². The van der Waals surface area contributed by atoms with Crippen LogP contribution in [0.4, 0.5) is 0 Å². The van der Waals surface area contributed by atoms with Crippen molar-refractivity contribution in [2.45, 2.75) is 66.3 Å². The molecule has 2 aromatic heterocycles. The average Bonchev–Trinajstić information content (AvgIpc) is 3.98. The second-order valence-electron chi connectivity index (χ2n) is 12.9. The van der Waals surface area contributed by atoms with Crippen LogP contribution in [0.15, 0.2) is 70.3 Å². The summed E-state index contributed by atoms with van der Waals surface area (Å²) in [5, 5.41) is 0. The van der Waals surface area contributed by atoms with Crippen molar-refractivity contribution in [2.24, 2.45) is 11.8 Å². The lowest BCUT2D eigenvalue weighted by Crippen LogP contribution is -2.14. The minimum absolute atomic E-state index is 0.0369. The summed E-state index contributed by atoms with van der Waals surface area (Å²) in [5.41, 5.74) is 6.16. The molecule has 8 heteroatoms. The zero-order chi connectivity index (χ0) is 34.2. The van der Waals surface area contributed by atoms with Gasteiger partial charge < -0.3 is 28.1 Å². The smallest absolute Gasteiger partial charge is 0.182 e. The third-order valence-electron chi connectivity index (χ3n) is 8.81. The maximum Gasteiger partial charge on any atom is 0.182 e. The van der Waals surface area contributed by atoms with Crippen LogP contribution >= 0.6 is 0 Å². The van der Waals surface area contributed by atoms with E-state index < -0.39 is 0 Å². The van der Waals surface area contributed by atoms with Gasteiger partial charge in [-0.2, -0.15) is 0 Å². The average molecular weight is 653 g/mol. The molecular formula is C40H48N2O6. The van der Waals surface area contributed by atoms with Crippen LogP contribution in [-0.4, -0.2) is 36.6 Å². The second kappa shape index (κ2) is 15.9. The normalized spacial score (nSPS) is 14.0. The standard InChI is InChI=1S/C20H25NO3.C20H23NO3/c2*1-14-10-18(22)11-15(2)21(14)9-8-16-6-7-19(23-3)20(12-16)24-13-17-4-5-17/h6-7,10-12,17H,4-5,8-9,13H2,1-3H3;6-12,17H,4-5,13H2,1-3H3/b;9-8+. The van der Waals surface area contributed by atoms with E-state index in [4.69, 9.17) is 18.9 Å². The van der Waals surface area contributed by atoms with Crippen LogP contribution in [0.25, 0.3) is 12.3 Å². The Kier molecular flexibility index (Phi) is 11.5. The number of benzene rings is 2. The van der Waals surface area contributed by atoms with Gasteiger partial charge in [-0.3, -0.25) is 9.59 Å². The predicted octanol–water partition coefficient (Wildman–Crippen LogP) is 7.40. The molecule has 4 aromatic rings. The highest BCUT2D eigenvalue weighted by Crippen LogP contribution is 2.34. The summed E-state index contributed by atoms with van der Waals surface area (Å²) in [6, 6.07) is 18.7. The van der Waals surface area contributed by atoms with E-state index in [0.717, 1.165) is 77.5 Å². The number of rotatable bonds is 13. The molecule has 0 spiro atoms. The number of pyridine rings is 2. The van der Waals surface area contributed by atoms with Crippen molar-refractivity contribution in [2.75, 3.05) is 27.4 Å². The third-order valence-corrected chi connectivity index (χ3v) is 8.81. The molecule has 2 saturated carbocycles. The Hall–Kier alpha value is -4.72. The molecule has 0 unspecified atom stereocenters. The number of aryl methyl sites for hydroxylation is 5. The Morgan fingerprint density at radius 3 is 1.67 bits per heavy atom. The lowest BCUT2D eigenvalue weighted by atomic mass is 10.1. The van der Waals surface area contributed by atoms with Gasteiger partial charge in [0.1, 0.15) is 0 Å². The summed E-state index contributed by atoms with van der Waals surface area (Å²) in [4.78, 5) is 23.1. The van der Waals surface area contributed by atoms with E-state index in [2.05, 4.69) is 16.7 Å². The van der Waals surface area contributed by atoms with Crippen LogP contribution in [0.2, 0.25) is 0 Å². The van der Waals surface area contributed by atoms with Crippen LogP contribution in [0.1, 0.15) is 59.6 Å². The van der Waals surface area contributed by atoms with Gasteiger partial charge in [0, 0.05) is 59.8 Å².